The monoisotopic (exact) mass is 254 g/mol. The van der Waals surface area contributed by atoms with Crippen LogP contribution in [0.5, 0.6) is 0 Å². The third-order valence-electron chi connectivity index (χ3n) is 1.34. The summed E-state index contributed by atoms with van der Waals surface area (Å²) < 4.78 is 4.88. The standard InChI is InChI=1S/C10H14N4O4/c1-10(2,3)18-9(17)14-13-5-7(4-11)8(16)12-6-15/h5-6,13H,1-3H3,(H,14,17)(H,12,15,16)/b7-5+. The first-order chi connectivity index (χ1) is 8.30. The fourth-order valence-corrected chi connectivity index (χ4v) is 0.751. The van der Waals surface area contributed by atoms with Gasteiger partial charge in [-0.05, 0) is 20.8 Å². The van der Waals surface area contributed by atoms with Crippen molar-refractivity contribution in [3.63, 3.8) is 0 Å². The molecule has 0 rings (SSSR count). The Hall–Kier alpha value is -2.56. The predicted molar refractivity (Wildman–Crippen MR) is 60.4 cm³/mol. The number of nitriles is 1. The van der Waals surface area contributed by atoms with Gasteiger partial charge in [-0.15, -0.1) is 0 Å². The average molecular weight is 254 g/mol. The Morgan fingerprint density at radius 3 is 2.39 bits per heavy atom. The Labute approximate surface area is 104 Å². The first kappa shape index (κ1) is 15.4. The Morgan fingerprint density at radius 2 is 1.94 bits per heavy atom. The second-order valence-electron chi connectivity index (χ2n) is 4.03. The average Bonchev–Trinajstić information content (AvgIpc) is 2.22. The van der Waals surface area contributed by atoms with Gasteiger partial charge in [0.05, 0.1) is 0 Å². The smallest absolute Gasteiger partial charge is 0.426 e. The highest BCUT2D eigenvalue weighted by Crippen LogP contribution is 2.05. The lowest BCUT2D eigenvalue weighted by atomic mass is 10.2. The fourth-order valence-electron chi connectivity index (χ4n) is 0.751. The number of hydrazine groups is 1. The summed E-state index contributed by atoms with van der Waals surface area (Å²) in [5.74, 6) is -0.883. The van der Waals surface area contributed by atoms with Crippen LogP contribution in [0.25, 0.3) is 0 Å². The van der Waals surface area contributed by atoms with Crippen LogP contribution in [0.2, 0.25) is 0 Å². The molecule has 0 radical (unpaired) electrons. The number of imide groups is 1. The zero-order valence-corrected chi connectivity index (χ0v) is 10.2. The van der Waals surface area contributed by atoms with Crippen LogP contribution in [0.4, 0.5) is 4.79 Å². The van der Waals surface area contributed by atoms with E-state index in [1.807, 2.05) is 0 Å². The molecule has 0 aromatic heterocycles. The van der Waals surface area contributed by atoms with Crippen molar-refractivity contribution in [2.75, 3.05) is 0 Å². The maximum absolute atomic E-state index is 11.2. The maximum Gasteiger partial charge on any atom is 0.426 e. The SMILES string of the molecule is CC(C)(C)OC(=O)NN/C=C(\C#N)C(=O)NC=O. The van der Waals surface area contributed by atoms with Crippen molar-refractivity contribution in [3.05, 3.63) is 11.8 Å². The van der Waals surface area contributed by atoms with Gasteiger partial charge in [-0.3, -0.25) is 14.9 Å². The largest absolute Gasteiger partial charge is 0.443 e. The summed E-state index contributed by atoms with van der Waals surface area (Å²) in [6.45, 7) is 5.04. The van der Waals surface area contributed by atoms with E-state index in [4.69, 9.17) is 10.00 Å². The molecule has 0 saturated carbocycles. The van der Waals surface area contributed by atoms with E-state index in [0.29, 0.717) is 0 Å². The highest BCUT2D eigenvalue weighted by Gasteiger charge is 2.15. The Balaban J connectivity index is 4.30. The van der Waals surface area contributed by atoms with Crippen LogP contribution in [0.1, 0.15) is 20.8 Å². The number of rotatable bonds is 4. The minimum absolute atomic E-state index is 0.148. The van der Waals surface area contributed by atoms with E-state index in [0.717, 1.165) is 6.20 Å². The molecular weight excluding hydrogens is 240 g/mol. The minimum atomic E-state index is -0.883. The van der Waals surface area contributed by atoms with E-state index in [-0.39, 0.29) is 12.0 Å². The highest BCUT2D eigenvalue weighted by atomic mass is 16.6. The van der Waals surface area contributed by atoms with Gasteiger partial charge < -0.3 is 10.2 Å². The van der Waals surface area contributed by atoms with Crippen molar-refractivity contribution in [2.24, 2.45) is 0 Å². The molecule has 8 nitrogen and oxygen atoms in total. The lowest BCUT2D eigenvalue weighted by molar-refractivity contribution is -0.122. The number of hydrogen-bond donors (Lipinski definition) is 3. The first-order valence-electron chi connectivity index (χ1n) is 4.89. The van der Waals surface area contributed by atoms with Crippen molar-refractivity contribution in [2.45, 2.75) is 26.4 Å². The van der Waals surface area contributed by atoms with E-state index in [2.05, 4.69) is 10.9 Å². The van der Waals surface area contributed by atoms with Gasteiger partial charge in [0.2, 0.25) is 6.41 Å². The number of carbonyl (C=O) groups excluding carboxylic acids is 3. The quantitative estimate of drug-likeness (QED) is 0.274. The molecule has 8 heteroatoms. The minimum Gasteiger partial charge on any atom is -0.443 e. The van der Waals surface area contributed by atoms with Gasteiger partial charge >= 0.3 is 6.09 Å². The molecule has 0 aliphatic carbocycles. The third-order valence-corrected chi connectivity index (χ3v) is 1.34. The fraction of sp³-hybridized carbons (Fsp3) is 0.400. The topological polar surface area (TPSA) is 120 Å². The van der Waals surface area contributed by atoms with Crippen LogP contribution in [0.15, 0.2) is 11.8 Å². The second kappa shape index (κ2) is 6.90. The number of amides is 3. The van der Waals surface area contributed by atoms with E-state index < -0.39 is 17.6 Å². The van der Waals surface area contributed by atoms with Crippen LogP contribution >= 0.6 is 0 Å². The molecule has 3 amide bonds. The summed E-state index contributed by atoms with van der Waals surface area (Å²) in [6.07, 6.45) is 0.309. The number of nitrogens with one attached hydrogen (secondary N) is 3. The molecule has 0 aromatic carbocycles. The van der Waals surface area contributed by atoms with Gasteiger partial charge in [0.1, 0.15) is 17.2 Å². The van der Waals surface area contributed by atoms with Crippen molar-refractivity contribution < 1.29 is 19.1 Å². The van der Waals surface area contributed by atoms with Crippen molar-refractivity contribution in [1.82, 2.24) is 16.2 Å². The first-order valence-corrected chi connectivity index (χ1v) is 4.89. The van der Waals surface area contributed by atoms with Crippen LogP contribution in [-0.4, -0.2) is 24.0 Å². The molecule has 0 spiro atoms. The van der Waals surface area contributed by atoms with Gasteiger partial charge in [0.15, 0.2) is 0 Å². The van der Waals surface area contributed by atoms with Crippen molar-refractivity contribution in [1.29, 1.82) is 5.26 Å². The Kier molecular flexibility index (Phi) is 5.92. The molecule has 0 atom stereocenters. The Bertz CT molecular complexity index is 403. The van der Waals surface area contributed by atoms with E-state index in [1.54, 1.807) is 32.2 Å². The van der Waals surface area contributed by atoms with Crippen LogP contribution < -0.4 is 16.2 Å². The van der Waals surface area contributed by atoms with Crippen molar-refractivity contribution in [3.8, 4) is 6.07 Å². The summed E-state index contributed by atoms with van der Waals surface area (Å²) in [7, 11) is 0. The zero-order chi connectivity index (χ0) is 14.2. The molecule has 3 N–H and O–H groups in total. The van der Waals surface area contributed by atoms with Gasteiger partial charge in [-0.25, -0.2) is 10.2 Å². The van der Waals surface area contributed by atoms with Crippen LogP contribution in [0.3, 0.4) is 0 Å². The molecule has 18 heavy (non-hydrogen) atoms. The molecule has 98 valence electrons. The van der Waals surface area contributed by atoms with Gasteiger partial charge in [-0.1, -0.05) is 0 Å². The Morgan fingerprint density at radius 1 is 1.33 bits per heavy atom. The number of ether oxygens (including phenoxy) is 1. The molecule has 0 fully saturated rings. The normalized spacial score (nSPS) is 10.9. The molecule has 0 saturated heterocycles. The van der Waals surface area contributed by atoms with E-state index in [9.17, 15) is 14.4 Å². The van der Waals surface area contributed by atoms with Gasteiger partial charge in [0.25, 0.3) is 5.91 Å². The molecule has 0 aromatic rings. The van der Waals surface area contributed by atoms with Crippen LogP contribution in [0, 0.1) is 11.3 Å². The molecule has 0 aliphatic heterocycles. The van der Waals surface area contributed by atoms with Crippen LogP contribution in [-0.2, 0) is 14.3 Å². The van der Waals surface area contributed by atoms with E-state index >= 15 is 0 Å². The second-order valence-corrected chi connectivity index (χ2v) is 4.03. The maximum atomic E-state index is 11.2. The van der Waals surface area contributed by atoms with Gasteiger partial charge in [0, 0.05) is 6.20 Å². The summed E-state index contributed by atoms with van der Waals surface area (Å²) in [5.41, 5.74) is 3.27. The summed E-state index contributed by atoms with van der Waals surface area (Å²) >= 11 is 0. The summed E-state index contributed by atoms with van der Waals surface area (Å²) in [5, 5.41) is 10.4. The molecule has 0 heterocycles. The lowest BCUT2D eigenvalue weighted by Crippen LogP contribution is -2.39. The number of hydrogen-bond acceptors (Lipinski definition) is 6. The van der Waals surface area contributed by atoms with Crippen molar-refractivity contribution >= 4 is 18.4 Å². The lowest BCUT2D eigenvalue weighted by Gasteiger charge is -2.19. The zero-order valence-electron chi connectivity index (χ0n) is 10.2. The molecule has 0 unspecified atom stereocenters. The van der Waals surface area contributed by atoms with Gasteiger partial charge in [-0.2, -0.15) is 5.26 Å². The highest BCUT2D eigenvalue weighted by molar-refractivity contribution is 6.02. The number of carbonyl (C=O) groups is 3. The number of nitrogens with zero attached hydrogens (tertiary/aromatic N) is 1. The molecule has 0 aliphatic rings. The summed E-state index contributed by atoms with van der Waals surface area (Å²) in [4.78, 5) is 32.2. The molecule has 0 bridgehead atoms. The predicted octanol–water partition coefficient (Wildman–Crippen LogP) is -0.304. The molecular formula is C10H14N4O4. The van der Waals surface area contributed by atoms with E-state index in [1.165, 1.54) is 0 Å². The summed E-state index contributed by atoms with van der Waals surface area (Å²) in [6, 6.07) is 1.54. The third kappa shape index (κ3) is 6.84.